The Labute approximate surface area is 129 Å². The van der Waals surface area contributed by atoms with E-state index >= 15 is 0 Å². The van der Waals surface area contributed by atoms with E-state index in [4.69, 9.17) is 5.10 Å². The first kappa shape index (κ1) is 13.3. The van der Waals surface area contributed by atoms with E-state index in [9.17, 15) is 0 Å². The molecule has 2 aromatic rings. The van der Waals surface area contributed by atoms with E-state index in [0.717, 1.165) is 23.0 Å². The molecule has 2 saturated carbocycles. The largest absolute Gasteiger partial charge is 0.253 e. The summed E-state index contributed by atoms with van der Waals surface area (Å²) in [5, 5.41) is 5.65. The summed E-state index contributed by atoms with van der Waals surface area (Å²) in [6, 6.07) is 8.23. The highest BCUT2D eigenvalue weighted by molar-refractivity contribution is 7.22. The second-order valence-electron chi connectivity index (χ2n) is 7.15. The molecule has 2 aliphatic carbocycles. The molecule has 0 amide bonds. The number of benzene rings is 1. The molecule has 2 fully saturated rings. The van der Waals surface area contributed by atoms with Crippen LogP contribution >= 0.6 is 11.3 Å². The number of nitrogens with zero attached hydrogens (tertiary/aromatic N) is 2. The fourth-order valence-electron chi connectivity index (χ4n) is 4.13. The van der Waals surface area contributed by atoms with Crippen LogP contribution in [-0.2, 0) is 0 Å². The van der Waals surface area contributed by atoms with Gasteiger partial charge >= 0.3 is 0 Å². The third-order valence-electron chi connectivity index (χ3n) is 6.09. The number of hydrogen-bond donors (Lipinski definition) is 1. The molecule has 1 aromatic heterocycles. The van der Waals surface area contributed by atoms with Crippen molar-refractivity contribution >= 4 is 32.4 Å². The summed E-state index contributed by atoms with van der Waals surface area (Å²) in [5.41, 5.74) is 6.23. The number of fused-ring (bicyclic) bond motifs is 3. The van der Waals surface area contributed by atoms with E-state index in [1.165, 1.54) is 23.3 Å². The highest BCUT2D eigenvalue weighted by atomic mass is 32.1. The first-order valence-corrected chi connectivity index (χ1v) is 8.51. The first-order valence-electron chi connectivity index (χ1n) is 7.69. The predicted molar refractivity (Wildman–Crippen MR) is 89.9 cm³/mol. The molecule has 2 atom stereocenters. The van der Waals surface area contributed by atoms with Crippen molar-refractivity contribution in [2.45, 2.75) is 40.0 Å². The lowest BCUT2D eigenvalue weighted by molar-refractivity contribution is 0.194. The molecule has 2 bridgehead atoms. The summed E-state index contributed by atoms with van der Waals surface area (Å²) in [4.78, 5) is 4.60. The van der Waals surface area contributed by atoms with Gasteiger partial charge in [-0.2, -0.15) is 5.10 Å². The maximum Gasteiger partial charge on any atom is 0.204 e. The fraction of sp³-hybridized carbons (Fsp3) is 0.529. The Balaban J connectivity index is 1.62. The third kappa shape index (κ3) is 1.78. The maximum absolute atomic E-state index is 4.75. The van der Waals surface area contributed by atoms with Crippen LogP contribution in [0, 0.1) is 16.7 Å². The van der Waals surface area contributed by atoms with Crippen molar-refractivity contribution in [2.75, 3.05) is 5.43 Å². The van der Waals surface area contributed by atoms with E-state index in [-0.39, 0.29) is 5.41 Å². The number of anilines is 1. The molecule has 2 unspecified atom stereocenters. The van der Waals surface area contributed by atoms with Crippen LogP contribution < -0.4 is 5.43 Å². The van der Waals surface area contributed by atoms with E-state index in [0.29, 0.717) is 5.41 Å². The summed E-state index contributed by atoms with van der Waals surface area (Å²) in [6.07, 6.45) is 3.76. The van der Waals surface area contributed by atoms with Gasteiger partial charge < -0.3 is 0 Å². The monoisotopic (exact) mass is 299 g/mol. The molecule has 3 nitrogen and oxygen atoms in total. The number of nitrogens with one attached hydrogen (secondary N) is 1. The average Bonchev–Trinajstić information content (AvgIpc) is 3.02. The van der Waals surface area contributed by atoms with Crippen molar-refractivity contribution in [3.05, 3.63) is 24.3 Å². The van der Waals surface area contributed by atoms with Crippen LogP contribution in [-0.4, -0.2) is 10.7 Å². The molecular weight excluding hydrogens is 278 g/mol. The Morgan fingerprint density at radius 1 is 1.29 bits per heavy atom. The average molecular weight is 299 g/mol. The van der Waals surface area contributed by atoms with Gasteiger partial charge in [0.25, 0.3) is 0 Å². The predicted octanol–water partition coefficient (Wildman–Crippen LogP) is 4.91. The normalized spacial score (nSPS) is 32.1. The summed E-state index contributed by atoms with van der Waals surface area (Å²) >= 11 is 1.67. The molecule has 110 valence electrons. The second kappa shape index (κ2) is 4.29. The molecule has 1 N–H and O–H groups in total. The minimum absolute atomic E-state index is 0.251. The van der Waals surface area contributed by atoms with Gasteiger partial charge in [0.15, 0.2) is 0 Å². The molecular formula is C17H21N3S. The summed E-state index contributed by atoms with van der Waals surface area (Å²) in [7, 11) is 0. The van der Waals surface area contributed by atoms with E-state index in [2.05, 4.69) is 43.3 Å². The van der Waals surface area contributed by atoms with Crippen molar-refractivity contribution < 1.29 is 0 Å². The minimum Gasteiger partial charge on any atom is -0.253 e. The molecule has 0 spiro atoms. The van der Waals surface area contributed by atoms with Gasteiger partial charge in [-0.3, -0.25) is 5.43 Å². The standard InChI is InChI=1S/C17H21N3S/c1-16(2)11-8-9-17(16,3)14(10-11)19-20-15-18-12-6-4-5-7-13(12)21-15/h4-7,11H,8-10H2,1-3H3,(H,18,20). The Hall–Kier alpha value is -1.42. The number of thiazole rings is 1. The molecule has 4 rings (SSSR count). The topological polar surface area (TPSA) is 37.3 Å². The van der Waals surface area contributed by atoms with E-state index < -0.39 is 0 Å². The van der Waals surface area contributed by atoms with Crippen LogP contribution in [0.25, 0.3) is 10.2 Å². The van der Waals surface area contributed by atoms with Crippen molar-refractivity contribution in [1.82, 2.24) is 4.98 Å². The fourth-order valence-corrected chi connectivity index (χ4v) is 4.94. The maximum atomic E-state index is 4.75. The van der Waals surface area contributed by atoms with Crippen molar-refractivity contribution in [3.8, 4) is 0 Å². The van der Waals surface area contributed by atoms with Crippen LogP contribution in [0.5, 0.6) is 0 Å². The quantitative estimate of drug-likeness (QED) is 0.800. The molecule has 2 aliphatic rings. The number of aromatic nitrogens is 1. The number of hydrogen-bond acceptors (Lipinski definition) is 4. The second-order valence-corrected chi connectivity index (χ2v) is 8.18. The van der Waals surface area contributed by atoms with Gasteiger partial charge in [0.05, 0.1) is 10.2 Å². The number of rotatable bonds is 2. The highest BCUT2D eigenvalue weighted by Gasteiger charge is 2.59. The van der Waals surface area contributed by atoms with Crippen molar-refractivity contribution in [2.24, 2.45) is 21.8 Å². The van der Waals surface area contributed by atoms with Gasteiger partial charge in [-0.25, -0.2) is 4.98 Å². The van der Waals surface area contributed by atoms with E-state index in [1.807, 2.05) is 12.1 Å². The van der Waals surface area contributed by atoms with Crippen molar-refractivity contribution in [3.63, 3.8) is 0 Å². The van der Waals surface area contributed by atoms with Crippen LogP contribution in [0.15, 0.2) is 29.4 Å². The highest BCUT2D eigenvalue weighted by Crippen LogP contribution is 2.63. The molecule has 1 heterocycles. The first-order chi connectivity index (χ1) is 10.0. The lowest BCUT2D eigenvalue weighted by Crippen LogP contribution is -2.32. The van der Waals surface area contributed by atoms with E-state index in [1.54, 1.807) is 11.3 Å². The minimum atomic E-state index is 0.251. The van der Waals surface area contributed by atoms with Gasteiger partial charge in [0.2, 0.25) is 5.13 Å². The van der Waals surface area contributed by atoms with Gasteiger partial charge in [0, 0.05) is 11.1 Å². The van der Waals surface area contributed by atoms with Gasteiger partial charge in [-0.15, -0.1) is 0 Å². The molecule has 0 aliphatic heterocycles. The summed E-state index contributed by atoms with van der Waals surface area (Å²) < 4.78 is 1.21. The molecule has 0 radical (unpaired) electrons. The third-order valence-corrected chi connectivity index (χ3v) is 7.03. The van der Waals surface area contributed by atoms with Crippen LogP contribution in [0.1, 0.15) is 40.0 Å². The summed E-state index contributed by atoms with van der Waals surface area (Å²) in [5.74, 6) is 0.790. The summed E-state index contributed by atoms with van der Waals surface area (Å²) in [6.45, 7) is 7.20. The van der Waals surface area contributed by atoms with Crippen LogP contribution in [0.3, 0.4) is 0 Å². The lowest BCUT2D eigenvalue weighted by atomic mass is 9.70. The molecule has 21 heavy (non-hydrogen) atoms. The van der Waals surface area contributed by atoms with Gasteiger partial charge in [0.1, 0.15) is 0 Å². The zero-order chi connectivity index (χ0) is 14.7. The Kier molecular flexibility index (Phi) is 2.71. The van der Waals surface area contributed by atoms with Crippen molar-refractivity contribution in [1.29, 1.82) is 0 Å². The SMILES string of the molecule is CC12CCC(CC1=NNc1nc3ccccc3s1)C2(C)C. The molecule has 0 saturated heterocycles. The number of para-hydroxylation sites is 1. The molecule has 1 aromatic carbocycles. The lowest BCUT2D eigenvalue weighted by Gasteiger charge is -2.34. The Morgan fingerprint density at radius 2 is 2.10 bits per heavy atom. The smallest absolute Gasteiger partial charge is 0.204 e. The molecule has 4 heteroatoms. The van der Waals surface area contributed by atoms with Gasteiger partial charge in [-0.05, 0) is 42.7 Å². The Morgan fingerprint density at radius 3 is 2.76 bits per heavy atom. The van der Waals surface area contributed by atoms with Crippen LogP contribution in [0.2, 0.25) is 0 Å². The van der Waals surface area contributed by atoms with Gasteiger partial charge in [-0.1, -0.05) is 44.2 Å². The van der Waals surface area contributed by atoms with Crippen LogP contribution in [0.4, 0.5) is 5.13 Å². The Bertz CT molecular complexity index is 697. The zero-order valence-corrected chi connectivity index (χ0v) is 13.6. The zero-order valence-electron chi connectivity index (χ0n) is 12.8. The number of hydrazone groups is 1.